The summed E-state index contributed by atoms with van der Waals surface area (Å²) in [6, 6.07) is 9.61. The number of thiazole rings is 1. The summed E-state index contributed by atoms with van der Waals surface area (Å²) in [4.78, 5) is 33.5. The number of amides is 2. The van der Waals surface area contributed by atoms with E-state index in [0.29, 0.717) is 25.3 Å². The summed E-state index contributed by atoms with van der Waals surface area (Å²) in [5.74, 6) is 0.666. The second-order valence-corrected chi connectivity index (χ2v) is 7.96. The average molecular weight is 369 g/mol. The molecule has 0 bridgehead atoms. The highest BCUT2D eigenvalue weighted by Crippen LogP contribution is 2.31. The van der Waals surface area contributed by atoms with Gasteiger partial charge in [-0.15, -0.1) is 11.3 Å². The van der Waals surface area contributed by atoms with Gasteiger partial charge in [0.1, 0.15) is 6.04 Å². The normalized spacial score (nSPS) is 21.4. The first-order valence-corrected chi connectivity index (χ1v) is 10.1. The molecule has 6 heteroatoms. The molecule has 3 heterocycles. The molecule has 0 spiro atoms. The first kappa shape index (κ1) is 17.2. The molecule has 0 saturated carbocycles. The second kappa shape index (κ2) is 7.58. The fourth-order valence-corrected chi connectivity index (χ4v) is 4.77. The molecule has 2 aromatic rings. The van der Waals surface area contributed by atoms with Gasteiger partial charge in [0.25, 0.3) is 0 Å². The Morgan fingerprint density at radius 2 is 1.92 bits per heavy atom. The lowest BCUT2D eigenvalue weighted by atomic mass is 9.97. The molecule has 1 atom stereocenters. The summed E-state index contributed by atoms with van der Waals surface area (Å²) in [5.41, 5.74) is 1.07. The zero-order chi connectivity index (χ0) is 17.9. The van der Waals surface area contributed by atoms with Gasteiger partial charge in [0, 0.05) is 43.5 Å². The molecule has 0 N–H and O–H groups in total. The lowest BCUT2D eigenvalue weighted by Gasteiger charge is -2.35. The molecule has 2 saturated heterocycles. The molecule has 1 unspecified atom stereocenters. The number of benzene rings is 1. The van der Waals surface area contributed by atoms with Gasteiger partial charge in [0.05, 0.1) is 5.01 Å². The van der Waals surface area contributed by atoms with Crippen molar-refractivity contribution in [1.29, 1.82) is 0 Å². The molecule has 26 heavy (non-hydrogen) atoms. The highest BCUT2D eigenvalue weighted by atomic mass is 32.1. The third-order valence-corrected chi connectivity index (χ3v) is 6.35. The molecule has 1 aromatic heterocycles. The quantitative estimate of drug-likeness (QED) is 0.832. The minimum atomic E-state index is -0.306. The van der Waals surface area contributed by atoms with Crippen molar-refractivity contribution in [2.45, 2.75) is 44.2 Å². The number of carbonyl (C=O) groups excluding carboxylic acids is 2. The lowest BCUT2D eigenvalue weighted by Crippen LogP contribution is -2.48. The summed E-state index contributed by atoms with van der Waals surface area (Å²) in [7, 11) is 0. The number of likely N-dealkylation sites (tertiary alicyclic amines) is 2. The van der Waals surface area contributed by atoms with Gasteiger partial charge >= 0.3 is 0 Å². The Labute approximate surface area is 157 Å². The minimum absolute atomic E-state index is 0.0878. The van der Waals surface area contributed by atoms with Crippen LogP contribution in [0.1, 0.15) is 42.2 Å². The number of hydrogen-bond acceptors (Lipinski definition) is 4. The Morgan fingerprint density at radius 3 is 2.62 bits per heavy atom. The van der Waals surface area contributed by atoms with Crippen molar-refractivity contribution in [3.05, 3.63) is 52.5 Å². The molecule has 5 nitrogen and oxygen atoms in total. The maximum Gasteiger partial charge on any atom is 0.245 e. The number of piperidine rings is 1. The highest BCUT2D eigenvalue weighted by Gasteiger charge is 2.39. The van der Waals surface area contributed by atoms with E-state index in [-0.39, 0.29) is 17.9 Å². The molecular formula is C20H23N3O2S. The van der Waals surface area contributed by atoms with Crippen molar-refractivity contribution in [2.24, 2.45) is 0 Å². The first-order chi connectivity index (χ1) is 12.7. The molecule has 0 aliphatic carbocycles. The second-order valence-electron chi connectivity index (χ2n) is 7.03. The Bertz CT molecular complexity index is 755. The summed E-state index contributed by atoms with van der Waals surface area (Å²) >= 11 is 1.70. The van der Waals surface area contributed by atoms with E-state index in [4.69, 9.17) is 0 Å². The van der Waals surface area contributed by atoms with Crippen LogP contribution in [0.25, 0.3) is 0 Å². The molecule has 1 aromatic carbocycles. The molecule has 2 fully saturated rings. The largest absolute Gasteiger partial charge is 0.341 e. The van der Waals surface area contributed by atoms with Crippen LogP contribution in [0.2, 0.25) is 0 Å². The number of aromatic nitrogens is 1. The molecule has 4 rings (SSSR count). The first-order valence-electron chi connectivity index (χ1n) is 9.24. The predicted octanol–water partition coefficient (Wildman–Crippen LogP) is 3.04. The van der Waals surface area contributed by atoms with Crippen LogP contribution in [0.3, 0.4) is 0 Å². The molecule has 2 amide bonds. The van der Waals surface area contributed by atoms with Gasteiger partial charge in [0.15, 0.2) is 0 Å². The molecule has 0 radical (unpaired) electrons. The molecule has 2 aliphatic heterocycles. The summed E-state index contributed by atoms with van der Waals surface area (Å²) < 4.78 is 0. The lowest BCUT2D eigenvalue weighted by molar-refractivity contribution is -0.142. The van der Waals surface area contributed by atoms with E-state index in [0.717, 1.165) is 31.5 Å². The van der Waals surface area contributed by atoms with E-state index < -0.39 is 0 Å². The molecule has 2 aliphatic rings. The van der Waals surface area contributed by atoms with Crippen molar-refractivity contribution >= 4 is 23.2 Å². The maximum absolute atomic E-state index is 13.1. The van der Waals surface area contributed by atoms with Gasteiger partial charge in [0.2, 0.25) is 11.8 Å². The van der Waals surface area contributed by atoms with Gasteiger partial charge in [-0.25, -0.2) is 4.98 Å². The Hall–Kier alpha value is -2.21. The molecular weight excluding hydrogens is 346 g/mol. The van der Waals surface area contributed by atoms with Crippen molar-refractivity contribution < 1.29 is 9.59 Å². The van der Waals surface area contributed by atoms with Crippen LogP contribution in [0.4, 0.5) is 0 Å². The van der Waals surface area contributed by atoms with Gasteiger partial charge in [-0.05, 0) is 24.8 Å². The summed E-state index contributed by atoms with van der Waals surface area (Å²) in [6.45, 7) is 2.03. The number of carbonyl (C=O) groups is 2. The number of hydrogen-bond donors (Lipinski definition) is 0. The van der Waals surface area contributed by atoms with Crippen LogP contribution in [-0.4, -0.2) is 45.7 Å². The Morgan fingerprint density at radius 1 is 1.15 bits per heavy atom. The third-order valence-electron chi connectivity index (χ3n) is 5.42. The number of rotatable bonds is 4. The monoisotopic (exact) mass is 369 g/mol. The smallest absolute Gasteiger partial charge is 0.245 e. The van der Waals surface area contributed by atoms with E-state index >= 15 is 0 Å². The van der Waals surface area contributed by atoms with Crippen molar-refractivity contribution in [2.75, 3.05) is 13.1 Å². The van der Waals surface area contributed by atoms with Crippen LogP contribution in [0.15, 0.2) is 41.9 Å². The summed E-state index contributed by atoms with van der Waals surface area (Å²) in [5, 5.41) is 3.19. The SMILES string of the molecule is O=C(C1CCC(=O)N1Cc1ccccc1)N1CCC(c2nccs2)CC1. The summed E-state index contributed by atoms with van der Waals surface area (Å²) in [6.07, 6.45) is 4.87. The Balaban J connectivity index is 1.40. The third kappa shape index (κ3) is 3.51. The van der Waals surface area contributed by atoms with Gasteiger partial charge in [-0.2, -0.15) is 0 Å². The van der Waals surface area contributed by atoms with Gasteiger partial charge in [-0.1, -0.05) is 30.3 Å². The van der Waals surface area contributed by atoms with Crippen molar-refractivity contribution in [1.82, 2.24) is 14.8 Å². The van der Waals surface area contributed by atoms with Crippen LogP contribution < -0.4 is 0 Å². The van der Waals surface area contributed by atoms with E-state index in [1.165, 1.54) is 5.01 Å². The topological polar surface area (TPSA) is 53.5 Å². The minimum Gasteiger partial charge on any atom is -0.341 e. The van der Waals surface area contributed by atoms with Crippen LogP contribution in [0, 0.1) is 0 Å². The maximum atomic E-state index is 13.1. The van der Waals surface area contributed by atoms with Crippen molar-refractivity contribution in [3.63, 3.8) is 0 Å². The fraction of sp³-hybridized carbons (Fsp3) is 0.450. The van der Waals surface area contributed by atoms with Gasteiger partial charge < -0.3 is 9.80 Å². The van der Waals surface area contributed by atoms with Crippen molar-refractivity contribution in [3.8, 4) is 0 Å². The predicted molar refractivity (Wildman–Crippen MR) is 101 cm³/mol. The van der Waals surface area contributed by atoms with Gasteiger partial charge in [-0.3, -0.25) is 9.59 Å². The van der Waals surface area contributed by atoms with Crippen LogP contribution in [-0.2, 0) is 16.1 Å². The zero-order valence-corrected chi connectivity index (χ0v) is 15.5. The van der Waals surface area contributed by atoms with E-state index in [1.807, 2.05) is 46.8 Å². The molecule has 136 valence electrons. The van der Waals surface area contributed by atoms with E-state index in [9.17, 15) is 9.59 Å². The standard InChI is InChI=1S/C20H23N3O2S/c24-18-7-6-17(23(18)14-15-4-2-1-3-5-15)20(25)22-11-8-16(9-12-22)19-21-10-13-26-19/h1-5,10,13,16-17H,6-9,11-12,14H2. The number of nitrogens with zero attached hydrogens (tertiary/aromatic N) is 3. The van der Waals surface area contributed by atoms with E-state index in [2.05, 4.69) is 4.98 Å². The zero-order valence-electron chi connectivity index (χ0n) is 14.7. The highest BCUT2D eigenvalue weighted by molar-refractivity contribution is 7.09. The fourth-order valence-electron chi connectivity index (χ4n) is 3.96. The average Bonchev–Trinajstić information content (AvgIpc) is 3.33. The van der Waals surface area contributed by atoms with Crippen LogP contribution in [0.5, 0.6) is 0 Å². The van der Waals surface area contributed by atoms with E-state index in [1.54, 1.807) is 16.2 Å². The van der Waals surface area contributed by atoms with Crippen LogP contribution >= 0.6 is 11.3 Å². The Kier molecular flexibility index (Phi) is 5.02.